The first-order valence-electron chi connectivity index (χ1n) is 14.1. The molecular weight excluding hydrogens is 540 g/mol. The van der Waals surface area contributed by atoms with Crippen LogP contribution in [0.5, 0.6) is 0 Å². The number of carbonyl (C=O) groups excluding carboxylic acids is 3. The Morgan fingerprint density at radius 3 is 2.19 bits per heavy atom. The number of alkyl carbamates (subject to hydrolysis) is 1. The Hall–Kier alpha value is -5.43. The van der Waals surface area contributed by atoms with Gasteiger partial charge in [0, 0.05) is 41.1 Å². The number of para-hydroxylation sites is 1. The molecule has 5 aromatic rings. The monoisotopic (exact) mass is 570 g/mol. The van der Waals surface area contributed by atoms with Gasteiger partial charge >= 0.3 is 12.1 Å². The predicted molar refractivity (Wildman–Crippen MR) is 165 cm³/mol. The van der Waals surface area contributed by atoms with Crippen LogP contribution in [-0.2, 0) is 20.7 Å². The van der Waals surface area contributed by atoms with E-state index in [9.17, 15) is 14.4 Å². The van der Waals surface area contributed by atoms with Gasteiger partial charge in [0.15, 0.2) is 5.78 Å². The molecular formula is C36H30N2O5. The lowest BCUT2D eigenvalue weighted by atomic mass is 9.98. The number of hydrogen-bond acceptors (Lipinski definition) is 5. The molecule has 214 valence electrons. The van der Waals surface area contributed by atoms with Crippen molar-refractivity contribution in [3.63, 3.8) is 0 Å². The molecule has 6 rings (SSSR count). The van der Waals surface area contributed by atoms with Crippen molar-refractivity contribution in [2.75, 3.05) is 6.61 Å². The molecule has 0 bridgehead atoms. The molecule has 0 aliphatic heterocycles. The van der Waals surface area contributed by atoms with Gasteiger partial charge in [0.05, 0.1) is 0 Å². The fourth-order valence-electron chi connectivity index (χ4n) is 5.63. The highest BCUT2D eigenvalue weighted by Crippen LogP contribution is 2.44. The number of benzene rings is 4. The summed E-state index contributed by atoms with van der Waals surface area (Å²) in [6.07, 6.45) is 2.51. The van der Waals surface area contributed by atoms with Crippen molar-refractivity contribution >= 4 is 28.7 Å². The van der Waals surface area contributed by atoms with Crippen LogP contribution in [0.25, 0.3) is 22.0 Å². The minimum absolute atomic E-state index is 0.110. The third-order valence-electron chi connectivity index (χ3n) is 7.67. The van der Waals surface area contributed by atoms with Crippen LogP contribution in [0.1, 0.15) is 39.9 Å². The summed E-state index contributed by atoms with van der Waals surface area (Å²) < 4.78 is 11.3. The number of aromatic amines is 1. The van der Waals surface area contributed by atoms with Crippen molar-refractivity contribution < 1.29 is 23.9 Å². The molecule has 1 aliphatic carbocycles. The van der Waals surface area contributed by atoms with E-state index in [4.69, 9.17) is 9.47 Å². The zero-order chi connectivity index (χ0) is 29.8. The molecule has 1 atom stereocenters. The van der Waals surface area contributed by atoms with Crippen LogP contribution in [0, 0.1) is 0 Å². The Kier molecular flexibility index (Phi) is 7.87. The Morgan fingerprint density at radius 1 is 0.837 bits per heavy atom. The Labute approximate surface area is 249 Å². The number of ether oxygens (including phenoxy) is 2. The number of hydrogen-bond donors (Lipinski definition) is 2. The van der Waals surface area contributed by atoms with Crippen LogP contribution in [0.15, 0.2) is 121 Å². The van der Waals surface area contributed by atoms with E-state index in [0.717, 1.165) is 38.7 Å². The lowest BCUT2D eigenvalue weighted by Gasteiger charge is -2.19. The van der Waals surface area contributed by atoms with Gasteiger partial charge in [0.25, 0.3) is 0 Å². The van der Waals surface area contributed by atoms with Gasteiger partial charge in [-0.1, -0.05) is 97.1 Å². The fourth-order valence-corrected chi connectivity index (χ4v) is 5.63. The molecule has 7 nitrogen and oxygen atoms in total. The molecule has 4 aromatic carbocycles. The summed E-state index contributed by atoms with van der Waals surface area (Å²) in [5.74, 6) is -0.986. The van der Waals surface area contributed by atoms with Gasteiger partial charge in [0.1, 0.15) is 18.4 Å². The zero-order valence-electron chi connectivity index (χ0n) is 23.6. The smallest absolute Gasteiger partial charge is 0.407 e. The second-order valence-electron chi connectivity index (χ2n) is 10.5. The summed E-state index contributed by atoms with van der Waals surface area (Å²) >= 11 is 0. The van der Waals surface area contributed by atoms with Crippen LogP contribution in [0.2, 0.25) is 0 Å². The van der Waals surface area contributed by atoms with E-state index in [1.54, 1.807) is 24.3 Å². The van der Waals surface area contributed by atoms with Crippen molar-refractivity contribution in [3.05, 3.63) is 143 Å². The maximum Gasteiger partial charge on any atom is 0.407 e. The second kappa shape index (κ2) is 12.2. The lowest BCUT2D eigenvalue weighted by Crippen LogP contribution is -2.43. The van der Waals surface area contributed by atoms with Crippen molar-refractivity contribution in [1.82, 2.24) is 10.3 Å². The third-order valence-corrected chi connectivity index (χ3v) is 7.67. The van der Waals surface area contributed by atoms with E-state index in [1.165, 1.54) is 13.0 Å². The molecule has 1 heterocycles. The van der Waals surface area contributed by atoms with E-state index >= 15 is 0 Å². The summed E-state index contributed by atoms with van der Waals surface area (Å²) in [5, 5.41) is 3.65. The van der Waals surface area contributed by atoms with Gasteiger partial charge in [-0.15, -0.1) is 0 Å². The Morgan fingerprint density at radius 2 is 1.47 bits per heavy atom. The van der Waals surface area contributed by atoms with Gasteiger partial charge in [-0.25, -0.2) is 9.59 Å². The summed E-state index contributed by atoms with van der Waals surface area (Å²) in [7, 11) is 0. The number of nitrogens with one attached hydrogen (secondary N) is 2. The number of aromatic nitrogens is 1. The number of carbonyl (C=O) groups is 3. The summed E-state index contributed by atoms with van der Waals surface area (Å²) in [6.45, 7) is 1.65. The standard InChI is InChI=1S/C36H30N2O5/c1-23(19-34(39)24-11-3-2-4-12-24)43-35(40)33(20-25-21-37-32-18-10-9-13-26(25)32)38-36(41)42-22-31-29-16-7-5-14-27(29)28-15-6-8-17-30(28)31/h2-19,21,31,33,37H,20,22H2,1H3,(H,38,41)/b23-19+/t33-/m0/s1. The maximum absolute atomic E-state index is 13.4. The number of amides is 1. The van der Waals surface area contributed by atoms with Crippen LogP contribution in [0.3, 0.4) is 0 Å². The van der Waals surface area contributed by atoms with Crippen molar-refractivity contribution in [2.45, 2.75) is 25.3 Å². The summed E-state index contributed by atoms with van der Waals surface area (Å²) in [5.41, 5.74) is 6.66. The van der Waals surface area contributed by atoms with E-state index in [1.807, 2.05) is 72.9 Å². The molecule has 2 N–H and O–H groups in total. The summed E-state index contributed by atoms with van der Waals surface area (Å²) in [6, 6.07) is 31.5. The molecule has 43 heavy (non-hydrogen) atoms. The van der Waals surface area contributed by atoms with E-state index in [-0.39, 0.29) is 30.5 Å². The Bertz CT molecular complexity index is 1790. The average Bonchev–Trinajstić information content (AvgIpc) is 3.58. The molecule has 0 saturated heterocycles. The minimum atomic E-state index is -1.06. The quantitative estimate of drug-likeness (QED) is 0.0865. The van der Waals surface area contributed by atoms with Crippen LogP contribution in [0.4, 0.5) is 4.79 Å². The molecule has 0 saturated carbocycles. The molecule has 0 radical (unpaired) electrons. The first-order valence-corrected chi connectivity index (χ1v) is 14.1. The van der Waals surface area contributed by atoms with Crippen molar-refractivity contribution in [3.8, 4) is 11.1 Å². The van der Waals surface area contributed by atoms with Gasteiger partial charge in [-0.05, 0) is 40.8 Å². The van der Waals surface area contributed by atoms with E-state index < -0.39 is 18.1 Å². The zero-order valence-corrected chi connectivity index (χ0v) is 23.6. The van der Waals surface area contributed by atoms with Crippen LogP contribution < -0.4 is 5.32 Å². The first kappa shape index (κ1) is 27.7. The van der Waals surface area contributed by atoms with Crippen molar-refractivity contribution in [2.24, 2.45) is 0 Å². The molecule has 0 unspecified atom stereocenters. The normalized spacial score (nSPS) is 13.2. The SMILES string of the molecule is C/C(=C\C(=O)c1ccccc1)OC(=O)[C@H](Cc1c[nH]c2ccccc12)NC(=O)OCC1c2ccccc2-c2ccccc21. The minimum Gasteiger partial charge on any atom is -0.449 e. The van der Waals surface area contributed by atoms with E-state index in [0.29, 0.717) is 5.56 Å². The number of H-pyrrole nitrogens is 1. The largest absolute Gasteiger partial charge is 0.449 e. The average molecular weight is 571 g/mol. The van der Waals surface area contributed by atoms with E-state index in [2.05, 4.69) is 22.4 Å². The molecule has 0 fully saturated rings. The number of esters is 1. The van der Waals surface area contributed by atoms with Crippen molar-refractivity contribution in [1.29, 1.82) is 0 Å². The first-order chi connectivity index (χ1) is 21.0. The fraction of sp³-hybridized carbons (Fsp3) is 0.139. The van der Waals surface area contributed by atoms with Crippen LogP contribution in [-0.4, -0.2) is 35.5 Å². The molecule has 1 aromatic heterocycles. The maximum atomic E-state index is 13.4. The molecule has 1 amide bonds. The highest BCUT2D eigenvalue weighted by molar-refractivity contribution is 6.04. The van der Waals surface area contributed by atoms with Gasteiger partial charge in [0.2, 0.25) is 0 Å². The number of rotatable bonds is 9. The highest BCUT2D eigenvalue weighted by Gasteiger charge is 2.30. The van der Waals surface area contributed by atoms with Gasteiger partial charge in [-0.2, -0.15) is 0 Å². The van der Waals surface area contributed by atoms with Gasteiger partial charge in [-0.3, -0.25) is 4.79 Å². The second-order valence-corrected chi connectivity index (χ2v) is 10.5. The molecule has 7 heteroatoms. The number of allylic oxidation sites excluding steroid dienone is 2. The molecule has 1 aliphatic rings. The highest BCUT2D eigenvalue weighted by atomic mass is 16.6. The number of fused-ring (bicyclic) bond motifs is 4. The Balaban J connectivity index is 1.18. The summed E-state index contributed by atoms with van der Waals surface area (Å²) in [4.78, 5) is 42.4. The van der Waals surface area contributed by atoms with Crippen LogP contribution >= 0.6 is 0 Å². The van der Waals surface area contributed by atoms with Gasteiger partial charge < -0.3 is 19.8 Å². The number of ketones is 1. The molecule has 0 spiro atoms. The topological polar surface area (TPSA) is 97.5 Å². The third kappa shape index (κ3) is 5.97. The predicted octanol–water partition coefficient (Wildman–Crippen LogP) is 6.95. The lowest BCUT2D eigenvalue weighted by molar-refractivity contribution is -0.141.